The molecule has 2 aliphatic heterocycles. The van der Waals surface area contributed by atoms with E-state index in [1.807, 2.05) is 0 Å². The van der Waals surface area contributed by atoms with Crippen LogP contribution < -0.4 is 4.90 Å². The zero-order chi connectivity index (χ0) is 22.2. The van der Waals surface area contributed by atoms with Gasteiger partial charge in [-0.15, -0.1) is 0 Å². The molecule has 0 amide bonds. The molecule has 0 N–H and O–H groups in total. The van der Waals surface area contributed by atoms with Crippen LogP contribution in [0.3, 0.4) is 0 Å². The Labute approximate surface area is 187 Å². The highest BCUT2D eigenvalue weighted by molar-refractivity contribution is 6.03. The van der Waals surface area contributed by atoms with Crippen LogP contribution in [-0.2, 0) is 10.8 Å². The van der Waals surface area contributed by atoms with Crippen LogP contribution in [0, 0.1) is 0 Å². The van der Waals surface area contributed by atoms with E-state index in [2.05, 4.69) is 136 Å². The third kappa shape index (κ3) is 3.59. The van der Waals surface area contributed by atoms with Gasteiger partial charge in [0.1, 0.15) is 7.05 Å². The Balaban J connectivity index is 1.39. The van der Waals surface area contributed by atoms with Gasteiger partial charge >= 0.3 is 0 Å². The summed E-state index contributed by atoms with van der Waals surface area (Å²) in [5.41, 5.74) is 7.03. The first kappa shape index (κ1) is 21.4. The van der Waals surface area contributed by atoms with Crippen LogP contribution in [0.15, 0.2) is 85.0 Å². The number of likely N-dealkylation sites (N-methyl/N-ethyl adjacent to an activating group) is 1. The van der Waals surface area contributed by atoms with Gasteiger partial charge in [-0.1, -0.05) is 80.6 Å². The molecule has 0 fully saturated rings. The van der Waals surface area contributed by atoms with Gasteiger partial charge in [0.2, 0.25) is 5.69 Å². The number of nitrogens with zero attached hydrogens (tertiary/aromatic N) is 2. The average molecular weight is 412 g/mol. The van der Waals surface area contributed by atoms with Gasteiger partial charge < -0.3 is 4.90 Å². The molecule has 0 bridgehead atoms. The SMILES string of the molecule is CN1c2ccccc2C(C)(C)C1C/C=C/C=C/C=C/C1=[N+](C)c2ccccc2C1(C)C. The molecule has 0 aliphatic carbocycles. The second-order valence-corrected chi connectivity index (χ2v) is 9.86. The molecule has 0 spiro atoms. The largest absolute Gasteiger partial charge is 0.370 e. The van der Waals surface area contributed by atoms with Crippen molar-refractivity contribution in [1.29, 1.82) is 0 Å². The lowest BCUT2D eigenvalue weighted by molar-refractivity contribution is -0.401. The molecule has 2 aromatic carbocycles. The van der Waals surface area contributed by atoms with Crippen molar-refractivity contribution in [1.82, 2.24) is 0 Å². The van der Waals surface area contributed by atoms with E-state index in [-0.39, 0.29) is 10.8 Å². The first-order valence-corrected chi connectivity index (χ1v) is 11.3. The van der Waals surface area contributed by atoms with Crippen molar-refractivity contribution in [2.75, 3.05) is 19.0 Å². The molecule has 2 nitrogen and oxygen atoms in total. The molecule has 2 aromatic rings. The highest BCUT2D eigenvalue weighted by Crippen LogP contribution is 2.45. The van der Waals surface area contributed by atoms with Crippen LogP contribution in [0.4, 0.5) is 11.4 Å². The third-order valence-electron chi connectivity index (χ3n) is 7.30. The van der Waals surface area contributed by atoms with E-state index < -0.39 is 0 Å². The number of benzene rings is 2. The summed E-state index contributed by atoms with van der Waals surface area (Å²) in [7, 11) is 4.38. The molecule has 0 radical (unpaired) electrons. The standard InChI is InChI=1S/C29H35N2/c1-28(2)22-16-12-14-18-24(22)30(5)26(28)20-10-8-7-9-11-21-27-29(3,4)23-17-13-15-19-25(23)31(27)6/h7-20,27H,21H2,1-6H3/q+1/b8-7+,11-9+,20-10+. The van der Waals surface area contributed by atoms with E-state index in [0.29, 0.717) is 6.04 Å². The summed E-state index contributed by atoms with van der Waals surface area (Å²) in [5.74, 6) is 0. The second kappa shape index (κ2) is 8.00. The Morgan fingerprint density at radius 1 is 0.871 bits per heavy atom. The topological polar surface area (TPSA) is 6.25 Å². The van der Waals surface area contributed by atoms with Crippen molar-refractivity contribution < 1.29 is 4.58 Å². The zero-order valence-corrected chi connectivity index (χ0v) is 19.8. The first-order valence-electron chi connectivity index (χ1n) is 11.3. The molecule has 1 unspecified atom stereocenters. The molecule has 2 aliphatic rings. The second-order valence-electron chi connectivity index (χ2n) is 9.86. The monoisotopic (exact) mass is 411 g/mol. The number of hydrogen-bond donors (Lipinski definition) is 0. The Morgan fingerprint density at radius 3 is 2.23 bits per heavy atom. The fourth-order valence-corrected chi connectivity index (χ4v) is 5.47. The Kier molecular flexibility index (Phi) is 5.51. The van der Waals surface area contributed by atoms with Gasteiger partial charge in [-0.2, -0.15) is 4.58 Å². The fraction of sp³-hybridized carbons (Fsp3) is 0.345. The lowest BCUT2D eigenvalue weighted by atomic mass is 9.79. The van der Waals surface area contributed by atoms with Crippen molar-refractivity contribution in [3.8, 4) is 0 Å². The van der Waals surface area contributed by atoms with Crippen molar-refractivity contribution >= 4 is 17.1 Å². The molecule has 1 atom stereocenters. The maximum atomic E-state index is 2.44. The molecule has 0 saturated heterocycles. The van der Waals surface area contributed by atoms with E-state index in [1.54, 1.807) is 0 Å². The van der Waals surface area contributed by atoms with Gasteiger partial charge in [-0.25, -0.2) is 0 Å². The summed E-state index contributed by atoms with van der Waals surface area (Å²) in [4.78, 5) is 2.44. The molecule has 0 aromatic heterocycles. The fourth-order valence-electron chi connectivity index (χ4n) is 5.47. The lowest BCUT2D eigenvalue weighted by Crippen LogP contribution is -2.38. The number of hydrogen-bond acceptors (Lipinski definition) is 1. The third-order valence-corrected chi connectivity index (χ3v) is 7.30. The van der Waals surface area contributed by atoms with E-state index >= 15 is 0 Å². The number of para-hydroxylation sites is 2. The van der Waals surface area contributed by atoms with Gasteiger partial charge in [0.05, 0.1) is 5.41 Å². The molecule has 0 saturated carbocycles. The minimum atomic E-state index is 0.0270. The summed E-state index contributed by atoms with van der Waals surface area (Å²) in [5, 5.41) is 0. The highest BCUT2D eigenvalue weighted by Gasteiger charge is 2.43. The summed E-state index contributed by atoms with van der Waals surface area (Å²) >= 11 is 0. The molecule has 4 rings (SSSR count). The number of allylic oxidation sites excluding steroid dienone is 5. The van der Waals surface area contributed by atoms with Crippen LogP contribution in [0.2, 0.25) is 0 Å². The maximum absolute atomic E-state index is 2.44. The molecule has 2 heteroatoms. The van der Waals surface area contributed by atoms with Gasteiger partial charge in [0.25, 0.3) is 0 Å². The number of anilines is 1. The zero-order valence-electron chi connectivity index (χ0n) is 19.8. The highest BCUT2D eigenvalue weighted by atomic mass is 15.2. The Hall–Kier alpha value is -2.87. The Morgan fingerprint density at radius 2 is 1.52 bits per heavy atom. The summed E-state index contributed by atoms with van der Waals surface area (Å²) in [6.07, 6.45) is 14.2. The Bertz CT molecular complexity index is 1100. The van der Waals surface area contributed by atoms with Crippen LogP contribution >= 0.6 is 0 Å². The summed E-state index contributed by atoms with van der Waals surface area (Å²) in [6, 6.07) is 18.0. The number of fused-ring (bicyclic) bond motifs is 2. The summed E-state index contributed by atoms with van der Waals surface area (Å²) in [6.45, 7) is 9.33. The minimum Gasteiger partial charge on any atom is -0.370 e. The van der Waals surface area contributed by atoms with Crippen molar-refractivity contribution in [2.24, 2.45) is 0 Å². The molecule has 160 valence electrons. The van der Waals surface area contributed by atoms with Crippen LogP contribution in [0.5, 0.6) is 0 Å². The molecule has 2 heterocycles. The van der Waals surface area contributed by atoms with Crippen molar-refractivity contribution in [3.05, 3.63) is 96.1 Å². The number of rotatable bonds is 5. The first-order chi connectivity index (χ1) is 14.8. The molecular weight excluding hydrogens is 376 g/mol. The predicted octanol–water partition coefficient (Wildman–Crippen LogP) is 6.55. The van der Waals surface area contributed by atoms with Crippen LogP contribution in [0.25, 0.3) is 0 Å². The van der Waals surface area contributed by atoms with Crippen molar-refractivity contribution in [3.63, 3.8) is 0 Å². The normalized spacial score (nSPS) is 21.6. The van der Waals surface area contributed by atoms with E-state index in [1.165, 1.54) is 28.2 Å². The van der Waals surface area contributed by atoms with E-state index in [9.17, 15) is 0 Å². The lowest BCUT2D eigenvalue weighted by Gasteiger charge is -2.31. The maximum Gasteiger partial charge on any atom is 0.209 e. The van der Waals surface area contributed by atoms with Gasteiger partial charge in [0, 0.05) is 41.9 Å². The predicted molar refractivity (Wildman–Crippen MR) is 134 cm³/mol. The van der Waals surface area contributed by atoms with Crippen LogP contribution in [-0.4, -0.2) is 30.4 Å². The average Bonchev–Trinajstić information content (AvgIpc) is 3.07. The summed E-state index contributed by atoms with van der Waals surface area (Å²) < 4.78 is 2.31. The minimum absolute atomic E-state index is 0.0270. The van der Waals surface area contributed by atoms with E-state index in [0.717, 1.165) is 6.42 Å². The smallest absolute Gasteiger partial charge is 0.209 e. The van der Waals surface area contributed by atoms with Crippen LogP contribution in [0.1, 0.15) is 45.2 Å². The van der Waals surface area contributed by atoms with E-state index in [4.69, 9.17) is 0 Å². The molecular formula is C29H35N2+. The van der Waals surface area contributed by atoms with Crippen molar-refractivity contribution in [2.45, 2.75) is 51.0 Å². The quantitative estimate of drug-likeness (QED) is 0.399. The van der Waals surface area contributed by atoms with Gasteiger partial charge in [-0.3, -0.25) is 0 Å². The van der Waals surface area contributed by atoms with Gasteiger partial charge in [-0.05, 0) is 31.9 Å². The molecule has 31 heavy (non-hydrogen) atoms. The van der Waals surface area contributed by atoms with Gasteiger partial charge in [0.15, 0.2) is 5.71 Å².